The van der Waals surface area contributed by atoms with Crippen LogP contribution < -0.4 is 11.1 Å². The van der Waals surface area contributed by atoms with Crippen LogP contribution in [0.3, 0.4) is 0 Å². The zero-order valence-electron chi connectivity index (χ0n) is 15.5. The number of nitro groups is 1. The van der Waals surface area contributed by atoms with Crippen molar-refractivity contribution in [1.82, 2.24) is 15.1 Å². The number of amides is 1. The van der Waals surface area contributed by atoms with E-state index >= 15 is 0 Å². The highest BCUT2D eigenvalue weighted by Gasteiger charge is 2.13. The Morgan fingerprint density at radius 1 is 1.21 bits per heavy atom. The summed E-state index contributed by atoms with van der Waals surface area (Å²) >= 11 is 0. The standard InChI is InChI=1S/C20H21N5O3/c1-14-12-15(9-10-18(14)25(27)28)20(26)22-11-5-6-16-13-19(21)24(23-16)17-7-3-2-4-8-17/h2-4,7-10,12-13H,5-6,11,21H2,1H3,(H,22,26). The number of para-hydroxylation sites is 1. The number of rotatable bonds is 7. The molecule has 144 valence electrons. The number of carbonyl (C=O) groups excluding carboxylic acids is 1. The molecule has 1 aromatic heterocycles. The van der Waals surface area contributed by atoms with Crippen molar-refractivity contribution in [3.63, 3.8) is 0 Å². The number of carbonyl (C=O) groups is 1. The van der Waals surface area contributed by atoms with E-state index in [0.29, 0.717) is 36.3 Å². The van der Waals surface area contributed by atoms with Crippen LogP contribution in [-0.4, -0.2) is 27.2 Å². The highest BCUT2D eigenvalue weighted by molar-refractivity contribution is 5.94. The Kier molecular flexibility index (Phi) is 5.69. The molecule has 0 saturated heterocycles. The number of aromatic nitrogens is 2. The fraction of sp³-hybridized carbons (Fsp3) is 0.200. The molecule has 0 bridgehead atoms. The van der Waals surface area contributed by atoms with Gasteiger partial charge in [0.2, 0.25) is 0 Å². The van der Waals surface area contributed by atoms with Crippen LogP contribution in [0.25, 0.3) is 5.69 Å². The number of anilines is 1. The first-order valence-electron chi connectivity index (χ1n) is 8.89. The highest BCUT2D eigenvalue weighted by atomic mass is 16.6. The zero-order valence-corrected chi connectivity index (χ0v) is 15.5. The van der Waals surface area contributed by atoms with Crippen molar-refractivity contribution in [3.8, 4) is 5.69 Å². The van der Waals surface area contributed by atoms with Crippen LogP contribution in [0.4, 0.5) is 11.5 Å². The molecule has 8 nitrogen and oxygen atoms in total. The number of nitro benzene ring substituents is 1. The summed E-state index contributed by atoms with van der Waals surface area (Å²) in [6.45, 7) is 2.08. The summed E-state index contributed by atoms with van der Waals surface area (Å²) in [7, 11) is 0. The third-order valence-corrected chi connectivity index (χ3v) is 4.34. The monoisotopic (exact) mass is 379 g/mol. The average molecular weight is 379 g/mol. The molecule has 2 aromatic carbocycles. The first kappa shape index (κ1) is 19.1. The third-order valence-electron chi connectivity index (χ3n) is 4.34. The zero-order chi connectivity index (χ0) is 20.1. The number of aryl methyl sites for hydroxylation is 2. The van der Waals surface area contributed by atoms with E-state index in [4.69, 9.17) is 5.73 Å². The molecule has 1 amide bonds. The Hall–Kier alpha value is -3.68. The molecule has 0 aliphatic carbocycles. The molecule has 0 aliphatic heterocycles. The Balaban J connectivity index is 1.53. The van der Waals surface area contributed by atoms with Gasteiger partial charge in [-0.15, -0.1) is 0 Å². The third kappa shape index (κ3) is 4.35. The first-order chi connectivity index (χ1) is 13.5. The van der Waals surface area contributed by atoms with Crippen molar-refractivity contribution in [3.05, 3.63) is 81.5 Å². The SMILES string of the molecule is Cc1cc(C(=O)NCCCc2cc(N)n(-c3ccccc3)n2)ccc1[N+](=O)[O-]. The largest absolute Gasteiger partial charge is 0.384 e. The molecular weight excluding hydrogens is 358 g/mol. The van der Waals surface area contributed by atoms with E-state index in [1.807, 2.05) is 36.4 Å². The van der Waals surface area contributed by atoms with Gasteiger partial charge in [-0.05, 0) is 44.0 Å². The van der Waals surface area contributed by atoms with Crippen molar-refractivity contribution in [2.45, 2.75) is 19.8 Å². The summed E-state index contributed by atoms with van der Waals surface area (Å²) in [6, 6.07) is 15.8. The van der Waals surface area contributed by atoms with E-state index in [2.05, 4.69) is 10.4 Å². The number of benzene rings is 2. The van der Waals surface area contributed by atoms with Crippen LogP contribution >= 0.6 is 0 Å². The fourth-order valence-electron chi connectivity index (χ4n) is 2.92. The van der Waals surface area contributed by atoms with Gasteiger partial charge >= 0.3 is 0 Å². The molecule has 3 aromatic rings. The summed E-state index contributed by atoms with van der Waals surface area (Å²) in [5.74, 6) is 0.305. The van der Waals surface area contributed by atoms with Crippen LogP contribution in [0.5, 0.6) is 0 Å². The van der Waals surface area contributed by atoms with Crippen LogP contribution in [-0.2, 0) is 6.42 Å². The maximum Gasteiger partial charge on any atom is 0.272 e. The van der Waals surface area contributed by atoms with Gasteiger partial charge in [-0.25, -0.2) is 4.68 Å². The van der Waals surface area contributed by atoms with Crippen molar-refractivity contribution in [2.24, 2.45) is 0 Å². The first-order valence-corrected chi connectivity index (χ1v) is 8.89. The topological polar surface area (TPSA) is 116 Å². The summed E-state index contributed by atoms with van der Waals surface area (Å²) in [5.41, 5.74) is 8.64. The van der Waals surface area contributed by atoms with Gasteiger partial charge in [0.15, 0.2) is 0 Å². The minimum atomic E-state index is -0.461. The molecule has 3 N–H and O–H groups in total. The fourth-order valence-corrected chi connectivity index (χ4v) is 2.92. The van der Waals surface area contributed by atoms with Gasteiger partial charge in [-0.1, -0.05) is 18.2 Å². The molecule has 28 heavy (non-hydrogen) atoms. The van der Waals surface area contributed by atoms with Crippen molar-refractivity contribution in [1.29, 1.82) is 0 Å². The Morgan fingerprint density at radius 3 is 2.64 bits per heavy atom. The number of hydrogen-bond donors (Lipinski definition) is 2. The second-order valence-corrected chi connectivity index (χ2v) is 6.43. The van der Waals surface area contributed by atoms with Crippen LogP contribution in [0.2, 0.25) is 0 Å². The molecule has 0 saturated carbocycles. The minimum Gasteiger partial charge on any atom is -0.384 e. The molecule has 0 spiro atoms. The normalized spacial score (nSPS) is 10.6. The number of nitrogens with zero attached hydrogens (tertiary/aromatic N) is 3. The lowest BCUT2D eigenvalue weighted by molar-refractivity contribution is -0.385. The lowest BCUT2D eigenvalue weighted by Crippen LogP contribution is -2.24. The molecule has 1 heterocycles. The van der Waals surface area contributed by atoms with E-state index in [9.17, 15) is 14.9 Å². The molecule has 0 atom stereocenters. The molecule has 0 radical (unpaired) electrons. The molecule has 0 fully saturated rings. The molecule has 0 unspecified atom stereocenters. The quantitative estimate of drug-likeness (QED) is 0.372. The van der Waals surface area contributed by atoms with Gasteiger partial charge in [-0.2, -0.15) is 5.10 Å². The van der Waals surface area contributed by atoms with Crippen LogP contribution in [0.15, 0.2) is 54.6 Å². The van der Waals surface area contributed by atoms with E-state index in [1.165, 1.54) is 18.2 Å². The predicted molar refractivity (Wildman–Crippen MR) is 106 cm³/mol. The predicted octanol–water partition coefficient (Wildman–Crippen LogP) is 3.03. The molecule has 3 rings (SSSR count). The molecule has 0 aliphatic rings. The molecular formula is C20H21N5O3. The highest BCUT2D eigenvalue weighted by Crippen LogP contribution is 2.19. The minimum absolute atomic E-state index is 0.00291. The summed E-state index contributed by atoms with van der Waals surface area (Å²) < 4.78 is 1.69. The molecule has 8 heteroatoms. The van der Waals surface area contributed by atoms with E-state index in [0.717, 1.165) is 11.4 Å². The summed E-state index contributed by atoms with van der Waals surface area (Å²) in [4.78, 5) is 22.6. The second-order valence-electron chi connectivity index (χ2n) is 6.43. The van der Waals surface area contributed by atoms with Gasteiger partial charge in [0.25, 0.3) is 11.6 Å². The second kappa shape index (κ2) is 8.34. The van der Waals surface area contributed by atoms with E-state index in [1.54, 1.807) is 11.6 Å². The maximum absolute atomic E-state index is 12.2. The Bertz CT molecular complexity index is 998. The lowest BCUT2D eigenvalue weighted by atomic mass is 10.1. The number of nitrogens with one attached hydrogen (secondary N) is 1. The van der Waals surface area contributed by atoms with E-state index in [-0.39, 0.29) is 11.6 Å². The smallest absolute Gasteiger partial charge is 0.272 e. The Morgan fingerprint density at radius 2 is 1.96 bits per heavy atom. The maximum atomic E-state index is 12.2. The number of nitrogens with two attached hydrogens (primary N) is 1. The average Bonchev–Trinajstić information content (AvgIpc) is 3.06. The van der Waals surface area contributed by atoms with Gasteiger partial charge in [-0.3, -0.25) is 14.9 Å². The summed E-state index contributed by atoms with van der Waals surface area (Å²) in [5, 5.41) is 18.2. The Labute approximate surface area is 162 Å². The van der Waals surface area contributed by atoms with E-state index < -0.39 is 4.92 Å². The number of nitrogen functional groups attached to an aromatic ring is 1. The van der Waals surface area contributed by atoms with Gasteiger partial charge in [0.1, 0.15) is 5.82 Å². The van der Waals surface area contributed by atoms with Crippen LogP contribution in [0, 0.1) is 17.0 Å². The van der Waals surface area contributed by atoms with Crippen molar-refractivity contribution < 1.29 is 9.72 Å². The van der Waals surface area contributed by atoms with Gasteiger partial charge in [0, 0.05) is 29.8 Å². The number of hydrogen-bond acceptors (Lipinski definition) is 5. The summed E-state index contributed by atoms with van der Waals surface area (Å²) in [6.07, 6.45) is 1.37. The van der Waals surface area contributed by atoms with Gasteiger partial charge in [0.05, 0.1) is 16.3 Å². The van der Waals surface area contributed by atoms with Gasteiger partial charge < -0.3 is 11.1 Å². The lowest BCUT2D eigenvalue weighted by Gasteiger charge is -2.06. The van der Waals surface area contributed by atoms with Crippen molar-refractivity contribution in [2.75, 3.05) is 12.3 Å². The van der Waals surface area contributed by atoms with Crippen molar-refractivity contribution >= 4 is 17.4 Å². The van der Waals surface area contributed by atoms with Crippen LogP contribution in [0.1, 0.15) is 28.0 Å².